The van der Waals surface area contributed by atoms with Gasteiger partial charge in [-0.25, -0.2) is 8.78 Å². The van der Waals surface area contributed by atoms with Crippen LogP contribution in [0.15, 0.2) is 42.5 Å². The Balaban J connectivity index is 1.92. The molecule has 0 spiro atoms. The number of anilines is 1. The maximum absolute atomic E-state index is 12.9. The number of hydrogen-bond acceptors (Lipinski definition) is 2. The number of carbonyl (C=O) groups excluding carboxylic acids is 1. The Kier molecular flexibility index (Phi) is 4.30. The second-order valence-electron chi connectivity index (χ2n) is 4.31. The Morgan fingerprint density at radius 2 is 1.85 bits per heavy atom. The van der Waals surface area contributed by atoms with Gasteiger partial charge in [0.25, 0.3) is 5.91 Å². The van der Waals surface area contributed by atoms with Gasteiger partial charge in [-0.05, 0) is 24.6 Å². The summed E-state index contributed by atoms with van der Waals surface area (Å²) >= 11 is 0. The molecule has 0 bridgehead atoms. The number of hydrogen-bond donors (Lipinski definition) is 1. The number of halogens is 2. The summed E-state index contributed by atoms with van der Waals surface area (Å²) in [5.74, 6) is -1.93. The van der Waals surface area contributed by atoms with E-state index in [1.165, 1.54) is 0 Å². The minimum atomic E-state index is -0.751. The predicted molar refractivity (Wildman–Crippen MR) is 71.7 cm³/mol. The number of carbonyl (C=O) groups is 1. The van der Waals surface area contributed by atoms with Crippen LogP contribution in [-0.4, -0.2) is 12.5 Å². The van der Waals surface area contributed by atoms with E-state index in [0.717, 1.165) is 23.8 Å². The molecule has 2 aromatic carbocycles. The fourth-order valence-corrected chi connectivity index (χ4v) is 1.68. The first-order chi connectivity index (χ1) is 9.52. The van der Waals surface area contributed by atoms with Crippen LogP contribution < -0.4 is 10.1 Å². The third-order valence-corrected chi connectivity index (χ3v) is 2.51. The smallest absolute Gasteiger partial charge is 0.262 e. The Morgan fingerprint density at radius 3 is 2.50 bits per heavy atom. The maximum Gasteiger partial charge on any atom is 0.262 e. The van der Waals surface area contributed by atoms with Gasteiger partial charge in [0.15, 0.2) is 6.61 Å². The summed E-state index contributed by atoms with van der Waals surface area (Å²) in [7, 11) is 0. The van der Waals surface area contributed by atoms with Crippen LogP contribution >= 0.6 is 0 Å². The molecule has 2 aromatic rings. The number of rotatable bonds is 4. The van der Waals surface area contributed by atoms with Gasteiger partial charge in [-0.15, -0.1) is 0 Å². The van der Waals surface area contributed by atoms with E-state index in [2.05, 4.69) is 5.32 Å². The third kappa shape index (κ3) is 4.05. The summed E-state index contributed by atoms with van der Waals surface area (Å²) in [4.78, 5) is 11.6. The number of amides is 1. The quantitative estimate of drug-likeness (QED) is 0.931. The summed E-state index contributed by atoms with van der Waals surface area (Å²) in [5.41, 5.74) is 1.65. The number of ether oxygens (including phenoxy) is 1. The van der Waals surface area contributed by atoms with Crippen molar-refractivity contribution < 1.29 is 18.3 Å². The SMILES string of the molecule is Cc1cccc(NC(=O)COc2cc(F)cc(F)c2)c1. The van der Waals surface area contributed by atoms with Crippen LogP contribution in [0.3, 0.4) is 0 Å². The molecule has 0 fully saturated rings. The molecule has 0 radical (unpaired) electrons. The zero-order chi connectivity index (χ0) is 14.5. The fourth-order valence-electron chi connectivity index (χ4n) is 1.68. The molecule has 0 heterocycles. The van der Waals surface area contributed by atoms with E-state index < -0.39 is 17.5 Å². The van der Waals surface area contributed by atoms with Crippen molar-refractivity contribution in [1.82, 2.24) is 0 Å². The van der Waals surface area contributed by atoms with Gasteiger partial charge < -0.3 is 10.1 Å². The average molecular weight is 277 g/mol. The molecule has 0 unspecified atom stereocenters. The summed E-state index contributed by atoms with van der Waals surface area (Å²) in [6.07, 6.45) is 0. The molecule has 2 rings (SSSR count). The molecule has 0 atom stereocenters. The lowest BCUT2D eigenvalue weighted by atomic mass is 10.2. The van der Waals surface area contributed by atoms with Gasteiger partial charge in [0.2, 0.25) is 0 Å². The van der Waals surface area contributed by atoms with Gasteiger partial charge in [-0.3, -0.25) is 4.79 Å². The molecule has 0 aliphatic carbocycles. The van der Waals surface area contributed by atoms with Crippen molar-refractivity contribution in [2.45, 2.75) is 6.92 Å². The monoisotopic (exact) mass is 277 g/mol. The highest BCUT2D eigenvalue weighted by molar-refractivity contribution is 5.91. The highest BCUT2D eigenvalue weighted by Crippen LogP contribution is 2.15. The summed E-state index contributed by atoms with van der Waals surface area (Å²) in [6, 6.07) is 10.0. The zero-order valence-electron chi connectivity index (χ0n) is 10.8. The van der Waals surface area contributed by atoms with Gasteiger partial charge in [0.05, 0.1) is 0 Å². The molecule has 0 aliphatic heterocycles. The standard InChI is InChI=1S/C15H13F2NO2/c1-10-3-2-4-13(5-10)18-15(19)9-20-14-7-11(16)6-12(17)8-14/h2-8H,9H2,1H3,(H,18,19). The topological polar surface area (TPSA) is 38.3 Å². The Hall–Kier alpha value is -2.43. The van der Waals surface area contributed by atoms with Crippen molar-refractivity contribution in [2.75, 3.05) is 11.9 Å². The fraction of sp³-hybridized carbons (Fsp3) is 0.133. The van der Waals surface area contributed by atoms with Crippen molar-refractivity contribution in [3.63, 3.8) is 0 Å². The molecule has 1 N–H and O–H groups in total. The van der Waals surface area contributed by atoms with E-state index in [1.54, 1.807) is 12.1 Å². The van der Waals surface area contributed by atoms with Crippen molar-refractivity contribution in [2.24, 2.45) is 0 Å². The number of aryl methyl sites for hydroxylation is 1. The van der Waals surface area contributed by atoms with Crippen molar-refractivity contribution in [3.05, 3.63) is 59.7 Å². The molecular formula is C15H13F2NO2. The van der Waals surface area contributed by atoms with Crippen LogP contribution in [0.5, 0.6) is 5.75 Å². The lowest BCUT2D eigenvalue weighted by Gasteiger charge is -2.08. The normalized spacial score (nSPS) is 10.2. The predicted octanol–water partition coefficient (Wildman–Crippen LogP) is 3.29. The third-order valence-electron chi connectivity index (χ3n) is 2.51. The van der Waals surface area contributed by atoms with Crippen LogP contribution in [0.1, 0.15) is 5.56 Å². The summed E-state index contributed by atoms with van der Waals surface area (Å²) in [5, 5.41) is 2.63. The van der Waals surface area contributed by atoms with Crippen LogP contribution in [0, 0.1) is 18.6 Å². The maximum atomic E-state index is 12.9. The molecule has 0 aliphatic rings. The minimum absolute atomic E-state index is 0.0260. The van der Waals surface area contributed by atoms with Gasteiger partial charge in [-0.2, -0.15) is 0 Å². The van der Waals surface area contributed by atoms with E-state index in [9.17, 15) is 13.6 Å². The molecule has 0 aromatic heterocycles. The minimum Gasteiger partial charge on any atom is -0.484 e. The van der Waals surface area contributed by atoms with Crippen LogP contribution in [0.25, 0.3) is 0 Å². The van der Waals surface area contributed by atoms with E-state index in [4.69, 9.17) is 4.74 Å². The molecule has 5 heteroatoms. The Labute approximate surface area is 115 Å². The Bertz CT molecular complexity index is 609. The zero-order valence-corrected chi connectivity index (χ0v) is 10.8. The molecule has 20 heavy (non-hydrogen) atoms. The number of nitrogens with one attached hydrogen (secondary N) is 1. The highest BCUT2D eigenvalue weighted by Gasteiger charge is 2.06. The summed E-state index contributed by atoms with van der Waals surface area (Å²) in [6.45, 7) is 1.58. The second-order valence-corrected chi connectivity index (χ2v) is 4.31. The van der Waals surface area contributed by atoms with E-state index in [-0.39, 0.29) is 12.4 Å². The first-order valence-corrected chi connectivity index (χ1v) is 5.98. The van der Waals surface area contributed by atoms with Crippen LogP contribution in [-0.2, 0) is 4.79 Å². The van der Waals surface area contributed by atoms with Gasteiger partial charge in [0.1, 0.15) is 17.4 Å². The molecule has 0 saturated carbocycles. The van der Waals surface area contributed by atoms with Crippen molar-refractivity contribution in [3.8, 4) is 5.75 Å². The van der Waals surface area contributed by atoms with E-state index >= 15 is 0 Å². The molecule has 3 nitrogen and oxygen atoms in total. The second kappa shape index (κ2) is 6.14. The summed E-state index contributed by atoms with van der Waals surface area (Å²) < 4.78 is 30.9. The number of benzene rings is 2. The van der Waals surface area contributed by atoms with Crippen LogP contribution in [0.4, 0.5) is 14.5 Å². The van der Waals surface area contributed by atoms with Crippen molar-refractivity contribution in [1.29, 1.82) is 0 Å². The van der Waals surface area contributed by atoms with E-state index in [0.29, 0.717) is 5.69 Å². The van der Waals surface area contributed by atoms with Crippen molar-refractivity contribution >= 4 is 11.6 Å². The van der Waals surface area contributed by atoms with Crippen LogP contribution in [0.2, 0.25) is 0 Å². The average Bonchev–Trinajstić information content (AvgIpc) is 2.35. The molecule has 0 saturated heterocycles. The first kappa shape index (κ1) is 14.0. The largest absolute Gasteiger partial charge is 0.484 e. The van der Waals surface area contributed by atoms with Gasteiger partial charge in [-0.1, -0.05) is 12.1 Å². The molecule has 1 amide bonds. The highest BCUT2D eigenvalue weighted by atomic mass is 19.1. The first-order valence-electron chi connectivity index (χ1n) is 5.98. The molecule has 104 valence electrons. The van der Waals surface area contributed by atoms with Gasteiger partial charge in [0, 0.05) is 23.9 Å². The lowest BCUT2D eigenvalue weighted by molar-refractivity contribution is -0.118. The molecular weight excluding hydrogens is 264 g/mol. The lowest BCUT2D eigenvalue weighted by Crippen LogP contribution is -2.20. The Morgan fingerprint density at radius 1 is 1.15 bits per heavy atom. The van der Waals surface area contributed by atoms with Gasteiger partial charge >= 0.3 is 0 Å². The van der Waals surface area contributed by atoms with E-state index in [1.807, 2.05) is 19.1 Å².